The highest BCUT2D eigenvalue weighted by Crippen LogP contribution is 2.25. The summed E-state index contributed by atoms with van der Waals surface area (Å²) in [5.74, 6) is -0.496. The maximum atomic E-state index is 13.0. The van der Waals surface area contributed by atoms with Gasteiger partial charge in [-0.1, -0.05) is 0 Å². The SMILES string of the molecule is CSc1ncccc1C(=O)O[C@H](C)c1nnc(-c2ccc(F)cc2)o1. The van der Waals surface area contributed by atoms with Crippen LogP contribution in [0.1, 0.15) is 29.3 Å². The molecule has 1 aromatic carbocycles. The van der Waals surface area contributed by atoms with Crippen LogP contribution in [0.15, 0.2) is 52.0 Å². The monoisotopic (exact) mass is 359 g/mol. The van der Waals surface area contributed by atoms with Crippen molar-refractivity contribution < 1.29 is 18.3 Å². The van der Waals surface area contributed by atoms with Gasteiger partial charge in [0.25, 0.3) is 5.89 Å². The van der Waals surface area contributed by atoms with E-state index in [0.717, 1.165) is 0 Å². The van der Waals surface area contributed by atoms with Crippen LogP contribution in [0.5, 0.6) is 0 Å². The summed E-state index contributed by atoms with van der Waals surface area (Å²) in [4.78, 5) is 16.4. The molecule has 0 amide bonds. The first-order valence-corrected chi connectivity index (χ1v) is 8.60. The minimum absolute atomic E-state index is 0.155. The molecule has 2 aromatic heterocycles. The molecule has 0 fully saturated rings. The Bertz CT molecular complexity index is 883. The third-order valence-corrected chi connectivity index (χ3v) is 4.06. The predicted octanol–water partition coefficient (Wildman–Crippen LogP) is 3.91. The van der Waals surface area contributed by atoms with Crippen LogP contribution in [0.3, 0.4) is 0 Å². The van der Waals surface area contributed by atoms with Crippen molar-refractivity contribution in [2.45, 2.75) is 18.1 Å². The molecule has 0 unspecified atom stereocenters. The summed E-state index contributed by atoms with van der Waals surface area (Å²) in [7, 11) is 0. The standard InChI is InChI=1S/C17H14FN3O3S/c1-10(23-17(22)13-4-3-9-19-16(13)25-2)14-20-21-15(24-14)11-5-7-12(18)8-6-11/h3-10H,1-2H3/t10-/m1/s1. The van der Waals surface area contributed by atoms with E-state index in [1.807, 2.05) is 6.26 Å². The first-order chi connectivity index (χ1) is 12.1. The molecule has 2 heterocycles. The summed E-state index contributed by atoms with van der Waals surface area (Å²) in [6, 6.07) is 8.98. The highest BCUT2D eigenvalue weighted by atomic mass is 32.2. The lowest BCUT2D eigenvalue weighted by Crippen LogP contribution is -2.11. The molecular formula is C17H14FN3O3S. The number of carbonyl (C=O) groups excluding carboxylic acids is 1. The highest BCUT2D eigenvalue weighted by molar-refractivity contribution is 7.98. The van der Waals surface area contributed by atoms with Gasteiger partial charge in [0.2, 0.25) is 5.89 Å². The van der Waals surface area contributed by atoms with Crippen LogP contribution in [0.2, 0.25) is 0 Å². The molecule has 0 N–H and O–H groups in total. The van der Waals surface area contributed by atoms with Gasteiger partial charge in [0.1, 0.15) is 10.8 Å². The van der Waals surface area contributed by atoms with Crippen molar-refractivity contribution in [3.8, 4) is 11.5 Å². The topological polar surface area (TPSA) is 78.1 Å². The van der Waals surface area contributed by atoms with Gasteiger partial charge in [-0.15, -0.1) is 22.0 Å². The predicted molar refractivity (Wildman–Crippen MR) is 89.5 cm³/mol. The average molecular weight is 359 g/mol. The van der Waals surface area contributed by atoms with E-state index >= 15 is 0 Å². The van der Waals surface area contributed by atoms with Crippen LogP contribution in [-0.4, -0.2) is 27.4 Å². The lowest BCUT2D eigenvalue weighted by atomic mass is 10.2. The second-order valence-corrected chi connectivity index (χ2v) is 5.86. The maximum absolute atomic E-state index is 13.0. The number of ether oxygens (including phenoxy) is 1. The molecule has 1 atom stereocenters. The summed E-state index contributed by atoms with van der Waals surface area (Å²) < 4.78 is 23.9. The second kappa shape index (κ2) is 7.43. The number of halogens is 1. The third-order valence-electron chi connectivity index (χ3n) is 3.35. The number of nitrogens with zero attached hydrogens (tertiary/aromatic N) is 3. The number of benzene rings is 1. The lowest BCUT2D eigenvalue weighted by molar-refractivity contribution is 0.0275. The maximum Gasteiger partial charge on any atom is 0.341 e. The molecule has 0 radical (unpaired) electrons. The number of esters is 1. The normalized spacial score (nSPS) is 12.0. The van der Waals surface area contributed by atoms with Gasteiger partial charge < -0.3 is 9.15 Å². The second-order valence-electron chi connectivity index (χ2n) is 5.06. The number of rotatable bonds is 5. The van der Waals surface area contributed by atoms with Gasteiger partial charge in [0.05, 0.1) is 5.56 Å². The summed E-state index contributed by atoms with van der Waals surface area (Å²) >= 11 is 1.36. The number of hydrogen-bond donors (Lipinski definition) is 0. The zero-order chi connectivity index (χ0) is 17.8. The van der Waals surface area contributed by atoms with Gasteiger partial charge in [-0.25, -0.2) is 14.2 Å². The Kier molecular flexibility index (Phi) is 5.08. The van der Waals surface area contributed by atoms with Crippen LogP contribution < -0.4 is 0 Å². The molecular weight excluding hydrogens is 345 g/mol. The molecule has 0 bridgehead atoms. The van der Waals surface area contributed by atoms with E-state index in [9.17, 15) is 9.18 Å². The molecule has 0 saturated carbocycles. The van der Waals surface area contributed by atoms with Crippen molar-refractivity contribution in [1.82, 2.24) is 15.2 Å². The Balaban J connectivity index is 1.74. The zero-order valence-corrected chi connectivity index (χ0v) is 14.3. The fourth-order valence-electron chi connectivity index (χ4n) is 2.09. The van der Waals surface area contributed by atoms with E-state index in [0.29, 0.717) is 16.2 Å². The van der Waals surface area contributed by atoms with Crippen molar-refractivity contribution >= 4 is 17.7 Å². The third kappa shape index (κ3) is 3.85. The molecule has 128 valence electrons. The van der Waals surface area contributed by atoms with E-state index < -0.39 is 12.1 Å². The van der Waals surface area contributed by atoms with Gasteiger partial charge in [0, 0.05) is 11.8 Å². The van der Waals surface area contributed by atoms with E-state index in [1.54, 1.807) is 25.3 Å². The molecule has 0 aliphatic carbocycles. The minimum Gasteiger partial charge on any atom is -0.449 e. The Morgan fingerprint density at radius 1 is 1.24 bits per heavy atom. The van der Waals surface area contributed by atoms with Crippen molar-refractivity contribution in [2.24, 2.45) is 0 Å². The Morgan fingerprint density at radius 2 is 2.00 bits per heavy atom. The molecule has 3 rings (SSSR count). The van der Waals surface area contributed by atoms with Gasteiger partial charge in [-0.3, -0.25) is 0 Å². The molecule has 0 saturated heterocycles. The van der Waals surface area contributed by atoms with Gasteiger partial charge in [-0.2, -0.15) is 0 Å². The van der Waals surface area contributed by atoms with Gasteiger partial charge in [-0.05, 0) is 49.6 Å². The quantitative estimate of drug-likeness (QED) is 0.505. The molecule has 3 aromatic rings. The summed E-state index contributed by atoms with van der Waals surface area (Å²) in [6.45, 7) is 1.63. The zero-order valence-electron chi connectivity index (χ0n) is 13.5. The van der Waals surface area contributed by atoms with Crippen LogP contribution in [0.4, 0.5) is 4.39 Å². The number of carbonyl (C=O) groups is 1. The van der Waals surface area contributed by atoms with Crippen molar-refractivity contribution in [3.05, 3.63) is 59.9 Å². The number of aromatic nitrogens is 3. The molecule has 0 aliphatic heterocycles. The van der Waals surface area contributed by atoms with Crippen LogP contribution in [0, 0.1) is 5.82 Å². The number of pyridine rings is 1. The van der Waals surface area contributed by atoms with E-state index in [1.165, 1.54) is 36.0 Å². The fraction of sp³-hybridized carbons (Fsp3) is 0.176. The summed E-state index contributed by atoms with van der Waals surface area (Å²) in [6.07, 6.45) is 2.71. The first kappa shape index (κ1) is 17.1. The van der Waals surface area contributed by atoms with Crippen LogP contribution >= 0.6 is 11.8 Å². The highest BCUT2D eigenvalue weighted by Gasteiger charge is 2.21. The van der Waals surface area contributed by atoms with E-state index in [2.05, 4.69) is 15.2 Å². The summed E-state index contributed by atoms with van der Waals surface area (Å²) in [5, 5.41) is 8.38. The van der Waals surface area contributed by atoms with Crippen molar-refractivity contribution in [2.75, 3.05) is 6.26 Å². The minimum atomic E-state index is -0.732. The molecule has 8 heteroatoms. The summed E-state index contributed by atoms with van der Waals surface area (Å²) in [5.41, 5.74) is 0.954. The van der Waals surface area contributed by atoms with Crippen LogP contribution in [0.25, 0.3) is 11.5 Å². The van der Waals surface area contributed by atoms with E-state index in [4.69, 9.17) is 9.15 Å². The van der Waals surface area contributed by atoms with Gasteiger partial charge in [0.15, 0.2) is 6.10 Å². The van der Waals surface area contributed by atoms with Crippen molar-refractivity contribution in [3.63, 3.8) is 0 Å². The smallest absolute Gasteiger partial charge is 0.341 e. The molecule has 25 heavy (non-hydrogen) atoms. The Hall–Kier alpha value is -2.74. The van der Waals surface area contributed by atoms with Crippen LogP contribution in [-0.2, 0) is 4.74 Å². The Labute approximate surface area is 147 Å². The molecule has 0 spiro atoms. The number of hydrogen-bond acceptors (Lipinski definition) is 7. The Morgan fingerprint density at radius 3 is 2.72 bits per heavy atom. The lowest BCUT2D eigenvalue weighted by Gasteiger charge is -2.10. The fourth-order valence-corrected chi connectivity index (χ4v) is 2.63. The molecule has 0 aliphatic rings. The number of thioether (sulfide) groups is 1. The van der Waals surface area contributed by atoms with Gasteiger partial charge >= 0.3 is 5.97 Å². The first-order valence-electron chi connectivity index (χ1n) is 7.38. The molecule has 6 nitrogen and oxygen atoms in total. The average Bonchev–Trinajstić information content (AvgIpc) is 3.12. The van der Waals surface area contributed by atoms with Crippen molar-refractivity contribution in [1.29, 1.82) is 0 Å². The van der Waals surface area contributed by atoms with E-state index in [-0.39, 0.29) is 17.6 Å². The largest absolute Gasteiger partial charge is 0.449 e.